The lowest BCUT2D eigenvalue weighted by Gasteiger charge is -2.35. The molecular formula is C30H45N3O8S2. The molecule has 1 heterocycles. The highest BCUT2D eigenvalue weighted by atomic mass is 32.2. The van der Waals surface area contributed by atoms with Gasteiger partial charge in [0.05, 0.1) is 41.6 Å². The summed E-state index contributed by atoms with van der Waals surface area (Å²) in [6, 6.07) is 10.4. The number of nitrogens with one attached hydrogen (secondary N) is 1. The van der Waals surface area contributed by atoms with Crippen molar-refractivity contribution in [3.8, 4) is 5.75 Å². The third-order valence-electron chi connectivity index (χ3n) is 7.64. The van der Waals surface area contributed by atoms with Gasteiger partial charge in [0.15, 0.2) is 0 Å². The largest absolute Gasteiger partial charge is 0.490 e. The second-order valence-corrected chi connectivity index (χ2v) is 15.2. The molecule has 0 unspecified atom stereocenters. The second-order valence-electron chi connectivity index (χ2n) is 11.5. The lowest BCUT2D eigenvalue weighted by Crippen LogP contribution is -2.47. The summed E-state index contributed by atoms with van der Waals surface area (Å²) in [6.07, 6.45) is 2.58. The van der Waals surface area contributed by atoms with E-state index in [0.717, 1.165) is 24.7 Å². The highest BCUT2D eigenvalue weighted by Gasteiger charge is 2.31. The number of aliphatic hydroxyl groups excluding tert-OH is 1. The molecular weight excluding hydrogens is 594 g/mol. The van der Waals surface area contributed by atoms with E-state index in [1.165, 1.54) is 34.5 Å². The van der Waals surface area contributed by atoms with E-state index in [-0.39, 0.29) is 47.9 Å². The van der Waals surface area contributed by atoms with E-state index in [4.69, 9.17) is 9.47 Å². The molecule has 1 aliphatic rings. The SMILES string of the molecule is Cc1ccc(S(=O)(=O)Nc2ccc3c(c2)C(=O)N([C@@H](C)CO)C[C@H](C)[C@@H](CN(C)S(C)(=O)=O)OCCCC[C@@H](C)O3)cc1. The molecule has 0 fully saturated rings. The van der Waals surface area contributed by atoms with E-state index in [1.807, 2.05) is 20.8 Å². The number of fused-ring (bicyclic) bond motifs is 1. The summed E-state index contributed by atoms with van der Waals surface area (Å²) >= 11 is 0. The second kappa shape index (κ2) is 14.8. The topological polar surface area (TPSA) is 143 Å². The first-order valence-electron chi connectivity index (χ1n) is 14.5. The number of likely N-dealkylation sites (N-methyl/N-ethyl adjacent to an activating group) is 1. The highest BCUT2D eigenvalue weighted by Crippen LogP contribution is 2.29. The smallest absolute Gasteiger partial charge is 0.261 e. The number of nitrogens with zero attached hydrogens (tertiary/aromatic N) is 2. The summed E-state index contributed by atoms with van der Waals surface area (Å²) < 4.78 is 66.7. The lowest BCUT2D eigenvalue weighted by atomic mass is 10.0. The number of anilines is 1. The molecule has 0 saturated heterocycles. The number of benzene rings is 2. The molecule has 2 aromatic carbocycles. The van der Waals surface area contributed by atoms with E-state index >= 15 is 0 Å². The van der Waals surface area contributed by atoms with Crippen molar-refractivity contribution in [2.45, 2.75) is 70.1 Å². The van der Waals surface area contributed by atoms with Crippen molar-refractivity contribution < 1.29 is 36.2 Å². The molecule has 240 valence electrons. The van der Waals surface area contributed by atoms with Gasteiger partial charge >= 0.3 is 0 Å². The number of carbonyl (C=O) groups is 1. The molecule has 0 radical (unpaired) electrons. The Morgan fingerprint density at radius 2 is 1.77 bits per heavy atom. The quantitative estimate of drug-likeness (QED) is 0.447. The molecule has 43 heavy (non-hydrogen) atoms. The summed E-state index contributed by atoms with van der Waals surface area (Å²) in [5.41, 5.74) is 1.25. The fourth-order valence-electron chi connectivity index (χ4n) is 4.77. The van der Waals surface area contributed by atoms with Crippen LogP contribution < -0.4 is 9.46 Å². The minimum atomic E-state index is -3.93. The summed E-state index contributed by atoms with van der Waals surface area (Å²) in [7, 11) is -5.90. The molecule has 0 bridgehead atoms. The molecule has 3 rings (SSSR count). The first kappa shape index (κ1) is 34.8. The Kier molecular flexibility index (Phi) is 12.0. The number of ether oxygens (including phenoxy) is 2. The third kappa shape index (κ3) is 9.64. The number of amides is 1. The zero-order valence-corrected chi connectivity index (χ0v) is 27.4. The molecule has 11 nitrogen and oxygen atoms in total. The van der Waals surface area contributed by atoms with Crippen molar-refractivity contribution in [2.24, 2.45) is 5.92 Å². The van der Waals surface area contributed by atoms with Crippen LogP contribution in [0.5, 0.6) is 5.75 Å². The zero-order valence-electron chi connectivity index (χ0n) is 25.8. The normalized spacial score (nSPS) is 21.9. The number of sulfonamides is 2. The third-order valence-corrected chi connectivity index (χ3v) is 10.3. The summed E-state index contributed by atoms with van der Waals surface area (Å²) in [4.78, 5) is 15.8. The average molecular weight is 640 g/mol. The molecule has 0 aliphatic carbocycles. The van der Waals surface area contributed by atoms with Gasteiger partial charge in [-0.05, 0) is 70.4 Å². The summed E-state index contributed by atoms with van der Waals surface area (Å²) in [6.45, 7) is 7.71. The van der Waals surface area contributed by atoms with Gasteiger partial charge in [-0.15, -0.1) is 0 Å². The lowest BCUT2D eigenvalue weighted by molar-refractivity contribution is -0.00828. The van der Waals surface area contributed by atoms with Crippen LogP contribution in [0.15, 0.2) is 47.4 Å². The molecule has 1 aliphatic heterocycles. The van der Waals surface area contributed by atoms with Gasteiger partial charge in [0.25, 0.3) is 15.9 Å². The van der Waals surface area contributed by atoms with Crippen LogP contribution in [0, 0.1) is 12.8 Å². The van der Waals surface area contributed by atoms with Gasteiger partial charge in [-0.25, -0.2) is 21.1 Å². The maximum absolute atomic E-state index is 14.2. The van der Waals surface area contributed by atoms with Crippen molar-refractivity contribution in [1.29, 1.82) is 0 Å². The van der Waals surface area contributed by atoms with E-state index < -0.39 is 38.1 Å². The maximum Gasteiger partial charge on any atom is 0.261 e. The average Bonchev–Trinajstić information content (AvgIpc) is 2.94. The monoisotopic (exact) mass is 639 g/mol. The van der Waals surface area contributed by atoms with Crippen molar-refractivity contribution in [3.05, 3.63) is 53.6 Å². The minimum absolute atomic E-state index is 0.0869. The first-order chi connectivity index (χ1) is 20.1. The van der Waals surface area contributed by atoms with Crippen LogP contribution in [-0.2, 0) is 24.8 Å². The molecule has 2 aromatic rings. The zero-order chi connectivity index (χ0) is 31.9. The molecule has 0 spiro atoms. The Bertz CT molecular complexity index is 1450. The van der Waals surface area contributed by atoms with Crippen molar-refractivity contribution in [2.75, 3.05) is 44.3 Å². The van der Waals surface area contributed by atoms with Gasteiger partial charge < -0.3 is 19.5 Å². The minimum Gasteiger partial charge on any atom is -0.490 e. The van der Waals surface area contributed by atoms with Crippen LogP contribution in [0.2, 0.25) is 0 Å². The van der Waals surface area contributed by atoms with Gasteiger partial charge in [-0.2, -0.15) is 0 Å². The maximum atomic E-state index is 14.2. The van der Waals surface area contributed by atoms with Gasteiger partial charge in [0.2, 0.25) is 10.0 Å². The molecule has 13 heteroatoms. The fourth-order valence-corrected chi connectivity index (χ4v) is 6.24. The number of aliphatic hydroxyl groups is 1. The van der Waals surface area contributed by atoms with Gasteiger partial charge in [-0.3, -0.25) is 9.52 Å². The Hall–Kier alpha value is -2.71. The van der Waals surface area contributed by atoms with Crippen LogP contribution >= 0.6 is 0 Å². The highest BCUT2D eigenvalue weighted by molar-refractivity contribution is 7.92. The van der Waals surface area contributed by atoms with Gasteiger partial charge in [-0.1, -0.05) is 24.6 Å². The molecule has 0 aromatic heterocycles. The van der Waals surface area contributed by atoms with Crippen LogP contribution in [0.1, 0.15) is 56.0 Å². The van der Waals surface area contributed by atoms with E-state index in [9.17, 15) is 26.7 Å². The van der Waals surface area contributed by atoms with E-state index in [0.29, 0.717) is 18.8 Å². The Balaban J connectivity index is 2.02. The van der Waals surface area contributed by atoms with E-state index in [1.54, 1.807) is 31.2 Å². The molecule has 2 N–H and O–H groups in total. The van der Waals surface area contributed by atoms with Gasteiger partial charge in [0.1, 0.15) is 5.75 Å². The number of hydrogen-bond donors (Lipinski definition) is 2. The number of rotatable bonds is 8. The fraction of sp³-hybridized carbons (Fsp3) is 0.567. The van der Waals surface area contributed by atoms with E-state index in [2.05, 4.69) is 4.72 Å². The number of carbonyl (C=O) groups excluding carboxylic acids is 1. The molecule has 4 atom stereocenters. The number of hydrogen-bond acceptors (Lipinski definition) is 8. The molecule has 1 amide bonds. The number of aryl methyl sites for hydroxylation is 1. The Morgan fingerprint density at radius 1 is 1.09 bits per heavy atom. The Labute approximate surface area is 256 Å². The first-order valence-corrected chi connectivity index (χ1v) is 17.8. The predicted octanol–water partition coefficient (Wildman–Crippen LogP) is 3.48. The predicted molar refractivity (Wildman–Crippen MR) is 166 cm³/mol. The standard InChI is InChI=1S/C30H45N3O8S2/c1-21-10-13-26(14-11-21)43(38,39)31-25-12-15-28-27(17-25)30(35)33(23(3)20-34)18-22(2)29(19-32(5)42(6,36)37)40-16-8-7-9-24(4)41-28/h10-15,17,22-24,29,31,34H,7-9,16,18-20H2,1-6H3/t22-,23-,24+,29+/m0/s1. The van der Waals surface area contributed by atoms with Crippen molar-refractivity contribution in [3.63, 3.8) is 0 Å². The molecule has 0 saturated carbocycles. The van der Waals surface area contributed by atoms with Crippen LogP contribution in [0.25, 0.3) is 0 Å². The Morgan fingerprint density at radius 3 is 2.40 bits per heavy atom. The van der Waals surface area contributed by atoms with Crippen LogP contribution in [0.3, 0.4) is 0 Å². The summed E-state index contributed by atoms with van der Waals surface area (Å²) in [5, 5.41) is 10.1. The van der Waals surface area contributed by atoms with Gasteiger partial charge in [0, 0.05) is 38.3 Å². The van der Waals surface area contributed by atoms with Crippen LogP contribution in [0.4, 0.5) is 5.69 Å². The van der Waals surface area contributed by atoms with Crippen LogP contribution in [-0.4, -0.2) is 94.9 Å². The summed E-state index contributed by atoms with van der Waals surface area (Å²) in [5.74, 6) is -0.462. The van der Waals surface area contributed by atoms with Crippen molar-refractivity contribution >= 4 is 31.6 Å². The van der Waals surface area contributed by atoms with Crippen molar-refractivity contribution in [1.82, 2.24) is 9.21 Å².